The minimum Gasteiger partial charge on any atom is -0.330 e. The molecular formula is C10H12N4. The molecule has 0 aromatic heterocycles. The van der Waals surface area contributed by atoms with Gasteiger partial charge in [-0.3, -0.25) is 0 Å². The van der Waals surface area contributed by atoms with Gasteiger partial charge in [0.25, 0.3) is 0 Å². The Kier molecular flexibility index (Phi) is 4.27. The average molecular weight is 188 g/mol. The maximum Gasteiger partial charge on any atom is 0.0680 e. The van der Waals surface area contributed by atoms with Crippen molar-refractivity contribution in [3.63, 3.8) is 0 Å². The van der Waals surface area contributed by atoms with Crippen molar-refractivity contribution < 1.29 is 0 Å². The molecule has 1 aromatic carbocycles. The molecule has 0 bridgehead atoms. The van der Waals surface area contributed by atoms with Gasteiger partial charge < -0.3 is 5.73 Å². The zero-order chi connectivity index (χ0) is 10.2. The fraction of sp³-hybridized carbons (Fsp3) is 0.200. The summed E-state index contributed by atoms with van der Waals surface area (Å²) in [5, 5.41) is 3.53. The van der Waals surface area contributed by atoms with Gasteiger partial charge in [-0.2, -0.15) is 0 Å². The van der Waals surface area contributed by atoms with Crippen LogP contribution in [0.5, 0.6) is 0 Å². The highest BCUT2D eigenvalue weighted by Gasteiger charge is 1.95. The van der Waals surface area contributed by atoms with Crippen molar-refractivity contribution in [2.45, 2.75) is 6.04 Å². The second kappa shape index (κ2) is 5.80. The average Bonchev–Trinajstić information content (AvgIpc) is 2.25. The summed E-state index contributed by atoms with van der Waals surface area (Å²) in [5.74, 6) is 0. The van der Waals surface area contributed by atoms with Crippen LogP contribution in [0.4, 0.5) is 0 Å². The van der Waals surface area contributed by atoms with Crippen molar-refractivity contribution in [3.8, 4) is 0 Å². The minimum absolute atomic E-state index is 0.264. The van der Waals surface area contributed by atoms with E-state index >= 15 is 0 Å². The SMILES string of the molecule is [N-]=[N+]=N[C@H](/C=C/c1ccccc1)CN. The summed E-state index contributed by atoms with van der Waals surface area (Å²) >= 11 is 0. The third-order valence-corrected chi connectivity index (χ3v) is 1.75. The van der Waals surface area contributed by atoms with E-state index in [0.29, 0.717) is 6.54 Å². The van der Waals surface area contributed by atoms with Crippen LogP contribution in [0.3, 0.4) is 0 Å². The molecule has 1 aromatic rings. The van der Waals surface area contributed by atoms with Crippen molar-refractivity contribution in [2.75, 3.05) is 6.54 Å². The van der Waals surface area contributed by atoms with Gasteiger partial charge in [0.2, 0.25) is 0 Å². The van der Waals surface area contributed by atoms with Crippen LogP contribution in [-0.2, 0) is 0 Å². The number of hydrogen-bond acceptors (Lipinski definition) is 2. The number of benzene rings is 1. The monoisotopic (exact) mass is 188 g/mol. The van der Waals surface area contributed by atoms with Crippen molar-refractivity contribution in [1.29, 1.82) is 0 Å². The molecule has 72 valence electrons. The van der Waals surface area contributed by atoms with E-state index < -0.39 is 0 Å². The van der Waals surface area contributed by atoms with Crippen LogP contribution in [0.2, 0.25) is 0 Å². The standard InChI is InChI=1S/C10H12N4/c11-8-10(13-14-12)7-6-9-4-2-1-3-5-9/h1-7,10H,8,11H2/b7-6+/t10-/m1/s1. The molecule has 2 N–H and O–H groups in total. The summed E-state index contributed by atoms with van der Waals surface area (Å²) in [4.78, 5) is 2.71. The summed E-state index contributed by atoms with van der Waals surface area (Å²) in [7, 11) is 0. The highest BCUT2D eigenvalue weighted by molar-refractivity contribution is 5.49. The molecule has 0 amide bonds. The Labute approximate surface area is 82.7 Å². The molecule has 4 nitrogen and oxygen atoms in total. The first-order chi connectivity index (χ1) is 6.86. The molecule has 0 fully saturated rings. The Bertz CT molecular complexity index is 338. The number of nitrogens with two attached hydrogens (primary N) is 1. The molecule has 0 saturated carbocycles. The number of hydrogen-bond donors (Lipinski definition) is 1. The third kappa shape index (κ3) is 3.31. The summed E-state index contributed by atoms with van der Waals surface area (Å²) in [6, 6.07) is 9.53. The molecule has 0 spiro atoms. The van der Waals surface area contributed by atoms with Gasteiger partial charge in [0.15, 0.2) is 0 Å². The van der Waals surface area contributed by atoms with E-state index in [1.165, 1.54) is 0 Å². The van der Waals surface area contributed by atoms with E-state index in [-0.39, 0.29) is 6.04 Å². The summed E-state index contributed by atoms with van der Waals surface area (Å²) in [5.41, 5.74) is 14.7. The molecule has 0 saturated heterocycles. The quantitative estimate of drug-likeness (QED) is 0.439. The smallest absolute Gasteiger partial charge is 0.0680 e. The highest BCUT2D eigenvalue weighted by Crippen LogP contribution is 2.03. The van der Waals surface area contributed by atoms with Crippen LogP contribution in [0.15, 0.2) is 41.5 Å². The molecule has 0 heterocycles. The second-order valence-electron chi connectivity index (χ2n) is 2.78. The lowest BCUT2D eigenvalue weighted by atomic mass is 10.2. The molecule has 0 radical (unpaired) electrons. The molecule has 4 heteroatoms. The predicted octanol–water partition coefficient (Wildman–Crippen LogP) is 2.34. The van der Waals surface area contributed by atoms with Crippen LogP contribution in [0.25, 0.3) is 16.5 Å². The molecule has 1 rings (SSSR count). The fourth-order valence-corrected chi connectivity index (χ4v) is 1.02. The Balaban J connectivity index is 2.67. The van der Waals surface area contributed by atoms with Crippen LogP contribution in [-0.4, -0.2) is 12.6 Å². The molecule has 0 aliphatic carbocycles. The van der Waals surface area contributed by atoms with Crippen molar-refractivity contribution in [1.82, 2.24) is 0 Å². The van der Waals surface area contributed by atoms with Crippen molar-refractivity contribution in [2.24, 2.45) is 10.8 Å². The van der Waals surface area contributed by atoms with Gasteiger partial charge in [0.1, 0.15) is 0 Å². The van der Waals surface area contributed by atoms with E-state index in [2.05, 4.69) is 10.0 Å². The lowest BCUT2D eigenvalue weighted by molar-refractivity contribution is 0.818. The van der Waals surface area contributed by atoms with Gasteiger partial charge in [-0.25, -0.2) is 0 Å². The predicted molar refractivity (Wildman–Crippen MR) is 57.5 cm³/mol. The van der Waals surface area contributed by atoms with Crippen molar-refractivity contribution >= 4 is 6.08 Å². The second-order valence-corrected chi connectivity index (χ2v) is 2.78. The van der Waals surface area contributed by atoms with Gasteiger partial charge >= 0.3 is 0 Å². The number of rotatable bonds is 4. The number of azide groups is 1. The van der Waals surface area contributed by atoms with E-state index in [0.717, 1.165) is 5.56 Å². The zero-order valence-corrected chi connectivity index (χ0v) is 7.74. The first-order valence-electron chi connectivity index (χ1n) is 4.34. The van der Waals surface area contributed by atoms with Crippen LogP contribution in [0.1, 0.15) is 5.56 Å². The van der Waals surface area contributed by atoms with Gasteiger partial charge in [-0.1, -0.05) is 47.6 Å². The summed E-state index contributed by atoms with van der Waals surface area (Å²) in [6.07, 6.45) is 3.70. The lowest BCUT2D eigenvalue weighted by Crippen LogP contribution is -2.14. The van der Waals surface area contributed by atoms with E-state index in [4.69, 9.17) is 11.3 Å². The first kappa shape index (κ1) is 10.3. The fourth-order valence-electron chi connectivity index (χ4n) is 1.02. The zero-order valence-electron chi connectivity index (χ0n) is 7.74. The normalized spacial score (nSPS) is 12.4. The van der Waals surface area contributed by atoms with Crippen LogP contribution < -0.4 is 5.73 Å². The molecule has 0 aliphatic heterocycles. The van der Waals surface area contributed by atoms with E-state index in [1.807, 2.05) is 36.4 Å². The van der Waals surface area contributed by atoms with Crippen LogP contribution >= 0.6 is 0 Å². The number of nitrogens with zero attached hydrogens (tertiary/aromatic N) is 3. The Morgan fingerprint density at radius 1 is 1.43 bits per heavy atom. The molecule has 0 aliphatic rings. The van der Waals surface area contributed by atoms with E-state index in [1.54, 1.807) is 6.08 Å². The Morgan fingerprint density at radius 2 is 2.14 bits per heavy atom. The first-order valence-corrected chi connectivity index (χ1v) is 4.34. The highest BCUT2D eigenvalue weighted by atomic mass is 15.1. The topological polar surface area (TPSA) is 74.8 Å². The van der Waals surface area contributed by atoms with Gasteiger partial charge in [0, 0.05) is 11.5 Å². The minimum atomic E-state index is -0.264. The van der Waals surface area contributed by atoms with E-state index in [9.17, 15) is 0 Å². The Hall–Kier alpha value is -1.77. The van der Waals surface area contributed by atoms with Gasteiger partial charge in [0.05, 0.1) is 6.04 Å². The lowest BCUT2D eigenvalue weighted by Gasteiger charge is -1.99. The van der Waals surface area contributed by atoms with Crippen LogP contribution in [0, 0.1) is 0 Å². The van der Waals surface area contributed by atoms with Crippen molar-refractivity contribution in [3.05, 3.63) is 52.4 Å². The van der Waals surface area contributed by atoms with Gasteiger partial charge in [-0.15, -0.1) is 0 Å². The molecule has 1 atom stereocenters. The largest absolute Gasteiger partial charge is 0.330 e. The maximum atomic E-state index is 8.23. The third-order valence-electron chi connectivity index (χ3n) is 1.75. The molecule has 0 unspecified atom stereocenters. The summed E-state index contributed by atoms with van der Waals surface area (Å²) in [6.45, 7) is 0.327. The summed E-state index contributed by atoms with van der Waals surface area (Å²) < 4.78 is 0. The Morgan fingerprint density at radius 3 is 2.71 bits per heavy atom. The maximum absolute atomic E-state index is 8.23. The van der Waals surface area contributed by atoms with Gasteiger partial charge in [-0.05, 0) is 11.1 Å². The molecular weight excluding hydrogens is 176 g/mol. The molecule has 14 heavy (non-hydrogen) atoms.